The van der Waals surface area contributed by atoms with Crippen molar-refractivity contribution in [1.29, 1.82) is 0 Å². The van der Waals surface area contributed by atoms with Crippen LogP contribution in [0.2, 0.25) is 5.02 Å². The van der Waals surface area contributed by atoms with Crippen LogP contribution in [0.3, 0.4) is 0 Å². The minimum atomic E-state index is -3.67. The van der Waals surface area contributed by atoms with Crippen LogP contribution in [0.1, 0.15) is 5.56 Å². The summed E-state index contributed by atoms with van der Waals surface area (Å²) in [5.74, 6) is 0.242. The SMILES string of the molecule is Cc1cccc(S(=O)(=O)Nc2ccc(Nc3ccccc3Cl)cn2)c1. The molecule has 0 saturated carbocycles. The monoisotopic (exact) mass is 373 g/mol. The zero-order valence-corrected chi connectivity index (χ0v) is 15.0. The van der Waals surface area contributed by atoms with E-state index in [2.05, 4.69) is 15.0 Å². The number of halogens is 1. The van der Waals surface area contributed by atoms with Gasteiger partial charge in [-0.15, -0.1) is 0 Å². The molecule has 0 saturated heterocycles. The Hall–Kier alpha value is -2.57. The maximum atomic E-state index is 12.4. The Balaban J connectivity index is 1.75. The molecule has 0 aliphatic carbocycles. The number of anilines is 3. The van der Waals surface area contributed by atoms with Gasteiger partial charge in [-0.2, -0.15) is 0 Å². The predicted octanol–water partition coefficient (Wildman–Crippen LogP) is 4.59. The van der Waals surface area contributed by atoms with Crippen LogP contribution in [-0.4, -0.2) is 13.4 Å². The molecule has 0 bridgehead atoms. The van der Waals surface area contributed by atoms with Gasteiger partial charge in [0.2, 0.25) is 0 Å². The minimum absolute atomic E-state index is 0.201. The molecule has 0 aliphatic heterocycles. The molecule has 0 amide bonds. The zero-order valence-electron chi connectivity index (χ0n) is 13.4. The van der Waals surface area contributed by atoms with Crippen LogP contribution in [0.25, 0.3) is 0 Å². The first-order chi connectivity index (χ1) is 11.9. The first-order valence-corrected chi connectivity index (χ1v) is 9.37. The summed E-state index contributed by atoms with van der Waals surface area (Å²) in [6.07, 6.45) is 1.54. The normalized spacial score (nSPS) is 11.1. The number of nitrogens with one attached hydrogen (secondary N) is 2. The second kappa shape index (κ2) is 7.13. The van der Waals surface area contributed by atoms with E-state index >= 15 is 0 Å². The third-order valence-electron chi connectivity index (χ3n) is 3.46. The first kappa shape index (κ1) is 17.3. The van der Waals surface area contributed by atoms with Gasteiger partial charge in [0.15, 0.2) is 0 Å². The largest absolute Gasteiger partial charge is 0.353 e. The Morgan fingerprint density at radius 1 is 1.00 bits per heavy atom. The Morgan fingerprint density at radius 2 is 1.80 bits per heavy atom. The van der Waals surface area contributed by atoms with E-state index in [1.54, 1.807) is 36.4 Å². The quantitative estimate of drug-likeness (QED) is 0.686. The molecule has 0 aliphatic rings. The fourth-order valence-corrected chi connectivity index (χ4v) is 3.52. The number of para-hydroxylation sites is 1. The fraction of sp³-hybridized carbons (Fsp3) is 0.0556. The fourth-order valence-electron chi connectivity index (χ4n) is 2.23. The lowest BCUT2D eigenvalue weighted by molar-refractivity contribution is 0.601. The van der Waals surface area contributed by atoms with Crippen molar-refractivity contribution < 1.29 is 8.42 Å². The first-order valence-electron chi connectivity index (χ1n) is 7.51. The van der Waals surface area contributed by atoms with E-state index in [1.807, 2.05) is 31.2 Å². The summed E-state index contributed by atoms with van der Waals surface area (Å²) >= 11 is 6.10. The van der Waals surface area contributed by atoms with E-state index in [0.717, 1.165) is 11.3 Å². The van der Waals surface area contributed by atoms with Gasteiger partial charge in [-0.3, -0.25) is 4.72 Å². The van der Waals surface area contributed by atoms with Gasteiger partial charge in [-0.1, -0.05) is 35.9 Å². The molecule has 5 nitrogen and oxygen atoms in total. The molecular formula is C18H16ClN3O2S. The molecule has 2 N–H and O–H groups in total. The van der Waals surface area contributed by atoms with E-state index in [4.69, 9.17) is 11.6 Å². The molecule has 3 rings (SSSR count). The molecule has 1 aromatic heterocycles. The van der Waals surface area contributed by atoms with Crippen LogP contribution in [0.15, 0.2) is 71.8 Å². The Morgan fingerprint density at radius 3 is 2.48 bits per heavy atom. The van der Waals surface area contributed by atoms with Gasteiger partial charge in [0.05, 0.1) is 27.5 Å². The lowest BCUT2D eigenvalue weighted by atomic mass is 10.2. The molecule has 0 unspecified atom stereocenters. The Labute approximate surface area is 151 Å². The van der Waals surface area contributed by atoms with Gasteiger partial charge in [-0.05, 0) is 48.9 Å². The summed E-state index contributed by atoms with van der Waals surface area (Å²) in [6.45, 7) is 1.84. The van der Waals surface area contributed by atoms with Crippen molar-refractivity contribution in [1.82, 2.24) is 4.98 Å². The number of rotatable bonds is 5. The van der Waals surface area contributed by atoms with Gasteiger partial charge >= 0.3 is 0 Å². The third kappa shape index (κ3) is 4.29. The number of nitrogens with zero attached hydrogens (tertiary/aromatic N) is 1. The number of sulfonamides is 1. The standard InChI is InChI=1S/C18H16ClN3O2S/c1-13-5-4-6-15(11-13)25(23,24)22-18-10-9-14(12-20-18)21-17-8-3-2-7-16(17)19/h2-12,21H,1H3,(H,20,22). The molecule has 25 heavy (non-hydrogen) atoms. The molecule has 0 fully saturated rings. The number of benzene rings is 2. The maximum Gasteiger partial charge on any atom is 0.263 e. The Bertz CT molecular complexity index is 989. The van der Waals surface area contributed by atoms with Crippen LogP contribution >= 0.6 is 11.6 Å². The summed E-state index contributed by atoms with van der Waals surface area (Å²) in [5, 5.41) is 3.72. The lowest BCUT2D eigenvalue weighted by Gasteiger charge is -2.10. The molecule has 2 aromatic carbocycles. The number of hydrogen-bond donors (Lipinski definition) is 2. The predicted molar refractivity (Wildman–Crippen MR) is 101 cm³/mol. The number of aryl methyl sites for hydroxylation is 1. The third-order valence-corrected chi connectivity index (χ3v) is 5.14. The van der Waals surface area contributed by atoms with Crippen LogP contribution in [0.4, 0.5) is 17.2 Å². The summed E-state index contributed by atoms with van der Waals surface area (Å²) in [4.78, 5) is 4.34. The smallest absolute Gasteiger partial charge is 0.263 e. The molecule has 0 spiro atoms. The second-order valence-electron chi connectivity index (χ2n) is 5.46. The topological polar surface area (TPSA) is 71.1 Å². The molecule has 0 radical (unpaired) electrons. The van der Waals surface area contributed by atoms with E-state index < -0.39 is 10.0 Å². The minimum Gasteiger partial charge on any atom is -0.353 e. The van der Waals surface area contributed by atoms with Crippen LogP contribution < -0.4 is 10.0 Å². The van der Waals surface area contributed by atoms with Gasteiger partial charge in [0.1, 0.15) is 5.82 Å². The molecular weight excluding hydrogens is 358 g/mol. The van der Waals surface area contributed by atoms with Gasteiger partial charge < -0.3 is 5.32 Å². The van der Waals surface area contributed by atoms with Gasteiger partial charge in [0, 0.05) is 0 Å². The molecule has 0 atom stereocenters. The van der Waals surface area contributed by atoms with E-state index in [1.165, 1.54) is 6.20 Å². The van der Waals surface area contributed by atoms with Crippen molar-refractivity contribution in [2.45, 2.75) is 11.8 Å². The van der Waals surface area contributed by atoms with E-state index in [-0.39, 0.29) is 10.7 Å². The summed E-state index contributed by atoms with van der Waals surface area (Å²) in [7, 11) is -3.67. The summed E-state index contributed by atoms with van der Waals surface area (Å²) in [6, 6.07) is 17.3. The highest BCUT2D eigenvalue weighted by atomic mass is 35.5. The van der Waals surface area contributed by atoms with Crippen LogP contribution in [0.5, 0.6) is 0 Å². The second-order valence-corrected chi connectivity index (χ2v) is 7.55. The number of hydrogen-bond acceptors (Lipinski definition) is 4. The molecule has 128 valence electrons. The van der Waals surface area contributed by atoms with Crippen molar-refractivity contribution in [3.05, 3.63) is 77.4 Å². The number of pyridine rings is 1. The van der Waals surface area contributed by atoms with Crippen molar-refractivity contribution in [2.75, 3.05) is 10.0 Å². The number of aromatic nitrogens is 1. The van der Waals surface area contributed by atoms with Crippen molar-refractivity contribution in [2.24, 2.45) is 0 Å². The van der Waals surface area contributed by atoms with Crippen molar-refractivity contribution in [3.8, 4) is 0 Å². The van der Waals surface area contributed by atoms with Crippen LogP contribution in [0, 0.1) is 6.92 Å². The highest BCUT2D eigenvalue weighted by Gasteiger charge is 2.14. The highest BCUT2D eigenvalue weighted by Crippen LogP contribution is 2.25. The highest BCUT2D eigenvalue weighted by molar-refractivity contribution is 7.92. The van der Waals surface area contributed by atoms with Gasteiger partial charge in [0.25, 0.3) is 10.0 Å². The average Bonchev–Trinajstić information content (AvgIpc) is 2.58. The molecule has 3 aromatic rings. The van der Waals surface area contributed by atoms with Crippen molar-refractivity contribution in [3.63, 3.8) is 0 Å². The Kier molecular flexibility index (Phi) is 4.92. The van der Waals surface area contributed by atoms with Gasteiger partial charge in [-0.25, -0.2) is 13.4 Å². The van der Waals surface area contributed by atoms with E-state index in [9.17, 15) is 8.42 Å². The van der Waals surface area contributed by atoms with E-state index in [0.29, 0.717) is 10.7 Å². The summed E-state index contributed by atoms with van der Waals surface area (Å²) < 4.78 is 27.3. The van der Waals surface area contributed by atoms with Crippen LogP contribution in [-0.2, 0) is 10.0 Å². The summed E-state index contributed by atoms with van der Waals surface area (Å²) in [5.41, 5.74) is 2.32. The lowest BCUT2D eigenvalue weighted by Crippen LogP contribution is -2.14. The average molecular weight is 374 g/mol. The molecule has 1 heterocycles. The zero-order chi connectivity index (χ0) is 17.9. The van der Waals surface area contributed by atoms with Crippen molar-refractivity contribution >= 4 is 38.8 Å². The maximum absolute atomic E-state index is 12.4. The molecule has 7 heteroatoms.